The van der Waals surface area contributed by atoms with Crippen LogP contribution in [0.5, 0.6) is 0 Å². The molecule has 0 radical (unpaired) electrons. The Morgan fingerprint density at radius 3 is 2.89 bits per heavy atom. The van der Waals surface area contributed by atoms with Crippen molar-refractivity contribution in [1.29, 1.82) is 0 Å². The van der Waals surface area contributed by atoms with Gasteiger partial charge in [0, 0.05) is 6.20 Å². The van der Waals surface area contributed by atoms with E-state index in [1.54, 1.807) is 12.4 Å². The van der Waals surface area contributed by atoms with Crippen LogP contribution in [0.3, 0.4) is 0 Å². The second kappa shape index (κ2) is 6.66. The van der Waals surface area contributed by atoms with Crippen molar-refractivity contribution in [3.8, 4) is 0 Å². The van der Waals surface area contributed by atoms with Crippen molar-refractivity contribution < 1.29 is 5.11 Å². The van der Waals surface area contributed by atoms with Gasteiger partial charge in [-0.25, -0.2) is 4.98 Å². The van der Waals surface area contributed by atoms with Gasteiger partial charge in [-0.1, -0.05) is 32.6 Å². The summed E-state index contributed by atoms with van der Waals surface area (Å²) in [6, 6.07) is 2.06. The largest absolute Gasteiger partial charge is 0.391 e. The fourth-order valence-corrected chi connectivity index (χ4v) is 2.54. The summed E-state index contributed by atoms with van der Waals surface area (Å²) in [5, 5.41) is 10.0. The molecule has 0 aliphatic rings. The number of fused-ring (bicyclic) bond motifs is 1. The SMILES string of the molecule is CCCCCC[C@@H]([C@@H](C)O)n1cnc2cnccc21. The van der Waals surface area contributed by atoms with E-state index in [1.807, 2.05) is 19.3 Å². The minimum atomic E-state index is -0.368. The number of hydrogen-bond acceptors (Lipinski definition) is 3. The maximum absolute atomic E-state index is 10.0. The van der Waals surface area contributed by atoms with Crippen LogP contribution in [0.4, 0.5) is 0 Å². The molecule has 0 aliphatic carbocycles. The Morgan fingerprint density at radius 2 is 2.16 bits per heavy atom. The van der Waals surface area contributed by atoms with E-state index < -0.39 is 0 Å². The van der Waals surface area contributed by atoms with Crippen LogP contribution in [0.2, 0.25) is 0 Å². The molecule has 19 heavy (non-hydrogen) atoms. The van der Waals surface area contributed by atoms with E-state index in [4.69, 9.17) is 0 Å². The van der Waals surface area contributed by atoms with Crippen molar-refractivity contribution in [2.45, 2.75) is 58.1 Å². The van der Waals surface area contributed by atoms with E-state index >= 15 is 0 Å². The monoisotopic (exact) mass is 261 g/mol. The predicted octanol–water partition coefficient (Wildman–Crippen LogP) is 3.32. The van der Waals surface area contributed by atoms with E-state index in [9.17, 15) is 5.11 Å². The van der Waals surface area contributed by atoms with Crippen LogP contribution >= 0.6 is 0 Å². The van der Waals surface area contributed by atoms with Crippen LogP contribution in [0.25, 0.3) is 11.0 Å². The van der Waals surface area contributed by atoms with Gasteiger partial charge in [0.2, 0.25) is 0 Å². The third kappa shape index (κ3) is 3.32. The summed E-state index contributed by atoms with van der Waals surface area (Å²) >= 11 is 0. The predicted molar refractivity (Wildman–Crippen MR) is 77.0 cm³/mol. The third-order valence-electron chi connectivity index (χ3n) is 3.64. The number of aliphatic hydroxyl groups is 1. The Labute approximate surface area is 114 Å². The van der Waals surface area contributed by atoms with E-state index in [-0.39, 0.29) is 12.1 Å². The summed E-state index contributed by atoms with van der Waals surface area (Å²) in [4.78, 5) is 8.43. The lowest BCUT2D eigenvalue weighted by Gasteiger charge is -2.22. The van der Waals surface area contributed by atoms with Crippen molar-refractivity contribution >= 4 is 11.0 Å². The zero-order chi connectivity index (χ0) is 13.7. The first kappa shape index (κ1) is 14.0. The second-order valence-corrected chi connectivity index (χ2v) is 5.17. The molecule has 0 saturated heterocycles. The summed E-state index contributed by atoms with van der Waals surface area (Å²) in [5.74, 6) is 0. The summed E-state index contributed by atoms with van der Waals surface area (Å²) in [6.07, 6.45) is 10.9. The molecular weight excluding hydrogens is 238 g/mol. The lowest BCUT2D eigenvalue weighted by Crippen LogP contribution is -2.20. The Balaban J connectivity index is 2.14. The second-order valence-electron chi connectivity index (χ2n) is 5.17. The lowest BCUT2D eigenvalue weighted by atomic mass is 10.0. The van der Waals surface area contributed by atoms with Crippen molar-refractivity contribution in [1.82, 2.24) is 14.5 Å². The Kier molecular flexibility index (Phi) is 4.91. The van der Waals surface area contributed by atoms with Gasteiger partial charge in [-0.05, 0) is 19.4 Å². The number of imidazole rings is 1. The zero-order valence-electron chi connectivity index (χ0n) is 11.8. The summed E-state index contributed by atoms with van der Waals surface area (Å²) in [7, 11) is 0. The van der Waals surface area contributed by atoms with Crippen LogP contribution in [-0.2, 0) is 0 Å². The smallest absolute Gasteiger partial charge is 0.107 e. The van der Waals surface area contributed by atoms with E-state index in [2.05, 4.69) is 21.5 Å². The van der Waals surface area contributed by atoms with Gasteiger partial charge in [-0.2, -0.15) is 0 Å². The minimum absolute atomic E-state index is 0.101. The van der Waals surface area contributed by atoms with Gasteiger partial charge in [-0.3, -0.25) is 4.98 Å². The normalized spacial score (nSPS) is 14.7. The van der Waals surface area contributed by atoms with Crippen LogP contribution in [0, 0.1) is 0 Å². The fourth-order valence-electron chi connectivity index (χ4n) is 2.54. The minimum Gasteiger partial charge on any atom is -0.391 e. The van der Waals surface area contributed by atoms with Crippen molar-refractivity contribution in [3.63, 3.8) is 0 Å². The van der Waals surface area contributed by atoms with Gasteiger partial charge in [0.05, 0.1) is 30.2 Å². The highest BCUT2D eigenvalue weighted by molar-refractivity contribution is 5.73. The highest BCUT2D eigenvalue weighted by Gasteiger charge is 2.18. The molecule has 2 aromatic rings. The van der Waals surface area contributed by atoms with Gasteiger partial charge in [-0.15, -0.1) is 0 Å². The molecule has 0 spiro atoms. The molecule has 4 nitrogen and oxygen atoms in total. The van der Waals surface area contributed by atoms with Gasteiger partial charge >= 0.3 is 0 Å². The van der Waals surface area contributed by atoms with Gasteiger partial charge < -0.3 is 9.67 Å². The highest BCUT2D eigenvalue weighted by Crippen LogP contribution is 2.24. The fraction of sp³-hybridized carbons (Fsp3) is 0.600. The summed E-state index contributed by atoms with van der Waals surface area (Å²) < 4.78 is 2.09. The molecule has 0 bridgehead atoms. The first-order valence-corrected chi connectivity index (χ1v) is 7.18. The van der Waals surface area contributed by atoms with Crippen LogP contribution in [0.15, 0.2) is 24.8 Å². The molecule has 0 saturated carbocycles. The molecule has 0 amide bonds. The van der Waals surface area contributed by atoms with E-state index in [0.717, 1.165) is 23.9 Å². The maximum Gasteiger partial charge on any atom is 0.107 e. The molecule has 104 valence electrons. The number of pyridine rings is 1. The molecule has 2 heterocycles. The number of rotatable bonds is 7. The number of unbranched alkanes of at least 4 members (excludes halogenated alkanes) is 3. The van der Waals surface area contributed by atoms with E-state index in [0.29, 0.717) is 0 Å². The Bertz CT molecular complexity index is 507. The maximum atomic E-state index is 10.0. The van der Waals surface area contributed by atoms with Gasteiger partial charge in [0.25, 0.3) is 0 Å². The quantitative estimate of drug-likeness (QED) is 0.778. The Morgan fingerprint density at radius 1 is 1.32 bits per heavy atom. The summed E-state index contributed by atoms with van der Waals surface area (Å²) in [5.41, 5.74) is 1.94. The number of nitrogens with zero attached hydrogens (tertiary/aromatic N) is 3. The van der Waals surface area contributed by atoms with Gasteiger partial charge in [0.1, 0.15) is 5.52 Å². The molecule has 0 aliphatic heterocycles. The topological polar surface area (TPSA) is 50.9 Å². The molecule has 0 aromatic carbocycles. The first-order chi connectivity index (χ1) is 9.24. The van der Waals surface area contributed by atoms with Crippen LogP contribution in [-0.4, -0.2) is 25.7 Å². The molecule has 2 rings (SSSR count). The molecular formula is C15H23N3O. The molecule has 2 aromatic heterocycles. The molecule has 4 heteroatoms. The zero-order valence-corrected chi connectivity index (χ0v) is 11.8. The third-order valence-corrected chi connectivity index (χ3v) is 3.64. The Hall–Kier alpha value is -1.42. The number of aromatic nitrogens is 3. The lowest BCUT2D eigenvalue weighted by molar-refractivity contribution is 0.125. The van der Waals surface area contributed by atoms with Crippen molar-refractivity contribution in [2.24, 2.45) is 0 Å². The average Bonchev–Trinajstić information content (AvgIpc) is 2.82. The number of hydrogen-bond donors (Lipinski definition) is 1. The molecule has 0 fully saturated rings. The van der Waals surface area contributed by atoms with Gasteiger partial charge in [0.15, 0.2) is 0 Å². The van der Waals surface area contributed by atoms with Crippen LogP contribution in [0.1, 0.15) is 52.0 Å². The average molecular weight is 261 g/mol. The van der Waals surface area contributed by atoms with E-state index in [1.165, 1.54) is 19.3 Å². The molecule has 2 atom stereocenters. The van der Waals surface area contributed by atoms with Crippen LogP contribution < -0.4 is 0 Å². The standard InChI is InChI=1S/C15H23N3O/c1-3-4-5-6-7-14(12(2)19)18-11-17-13-10-16-9-8-15(13)18/h8-12,14,19H,3-7H2,1-2H3/t12-,14+/m1/s1. The number of aliphatic hydroxyl groups excluding tert-OH is 1. The molecule has 1 N–H and O–H groups in total. The molecule has 0 unspecified atom stereocenters. The highest BCUT2D eigenvalue weighted by atomic mass is 16.3. The van der Waals surface area contributed by atoms with Crippen molar-refractivity contribution in [2.75, 3.05) is 0 Å². The summed E-state index contributed by atoms with van der Waals surface area (Å²) in [6.45, 7) is 4.07. The van der Waals surface area contributed by atoms with Crippen molar-refractivity contribution in [3.05, 3.63) is 24.8 Å². The first-order valence-electron chi connectivity index (χ1n) is 7.18.